The van der Waals surface area contributed by atoms with Crippen LogP contribution < -0.4 is 4.74 Å². The van der Waals surface area contributed by atoms with Crippen molar-refractivity contribution in [2.75, 3.05) is 0 Å². The standard InChI is InChI=1S/C21H26O/c1-4-12-21(13-5-1)14-10-19(11-15-21)22-20-9-8-17-6-2-3-7-18(17)16-20/h2-3,6-9,16,19H,1,4-5,10-15H2. The topological polar surface area (TPSA) is 9.23 Å². The fraction of sp³-hybridized carbons (Fsp3) is 0.524. The Hall–Kier alpha value is -1.50. The first-order valence-electron chi connectivity index (χ1n) is 8.99. The molecule has 0 amide bonds. The molecule has 0 radical (unpaired) electrons. The predicted molar refractivity (Wildman–Crippen MR) is 92.4 cm³/mol. The number of hydrogen-bond acceptors (Lipinski definition) is 1. The Bertz CT molecular complexity index is 629. The minimum Gasteiger partial charge on any atom is -0.490 e. The number of hydrogen-bond donors (Lipinski definition) is 0. The summed E-state index contributed by atoms with van der Waals surface area (Å²) in [7, 11) is 0. The molecule has 2 fully saturated rings. The highest BCUT2D eigenvalue weighted by Crippen LogP contribution is 2.47. The lowest BCUT2D eigenvalue weighted by atomic mass is 9.65. The van der Waals surface area contributed by atoms with Gasteiger partial charge in [0.2, 0.25) is 0 Å². The first kappa shape index (κ1) is 14.1. The molecule has 1 nitrogen and oxygen atoms in total. The fourth-order valence-electron chi connectivity index (χ4n) is 4.56. The molecular formula is C21H26O. The first-order chi connectivity index (χ1) is 10.8. The molecule has 116 valence electrons. The van der Waals surface area contributed by atoms with Crippen molar-refractivity contribution in [3.63, 3.8) is 0 Å². The van der Waals surface area contributed by atoms with Crippen molar-refractivity contribution in [1.29, 1.82) is 0 Å². The second-order valence-electron chi connectivity index (χ2n) is 7.39. The minimum absolute atomic E-state index is 0.425. The van der Waals surface area contributed by atoms with E-state index in [1.807, 2.05) is 0 Å². The molecule has 0 atom stereocenters. The summed E-state index contributed by atoms with van der Waals surface area (Å²) >= 11 is 0. The Labute approximate surface area is 133 Å². The molecule has 1 heteroatoms. The average Bonchev–Trinajstić information content (AvgIpc) is 2.58. The zero-order valence-corrected chi connectivity index (χ0v) is 13.4. The maximum atomic E-state index is 6.30. The second-order valence-corrected chi connectivity index (χ2v) is 7.39. The normalized spacial score (nSPS) is 22.0. The zero-order valence-electron chi connectivity index (χ0n) is 13.4. The molecule has 4 rings (SSSR count). The van der Waals surface area contributed by atoms with Gasteiger partial charge in [0.05, 0.1) is 6.10 Å². The van der Waals surface area contributed by atoms with Crippen molar-refractivity contribution < 1.29 is 4.74 Å². The summed E-state index contributed by atoms with van der Waals surface area (Å²) in [5.41, 5.74) is 0.682. The van der Waals surface area contributed by atoms with Crippen LogP contribution >= 0.6 is 0 Å². The van der Waals surface area contributed by atoms with Crippen LogP contribution in [0.1, 0.15) is 57.8 Å². The van der Waals surface area contributed by atoms with Gasteiger partial charge in [-0.2, -0.15) is 0 Å². The van der Waals surface area contributed by atoms with Crippen LogP contribution in [-0.4, -0.2) is 6.10 Å². The van der Waals surface area contributed by atoms with Crippen molar-refractivity contribution in [3.05, 3.63) is 42.5 Å². The van der Waals surface area contributed by atoms with Gasteiger partial charge < -0.3 is 4.74 Å². The number of rotatable bonds is 2. The molecule has 0 aromatic heterocycles. The molecule has 2 aliphatic carbocycles. The second kappa shape index (κ2) is 5.95. The van der Waals surface area contributed by atoms with Crippen LogP contribution in [0.25, 0.3) is 10.8 Å². The van der Waals surface area contributed by atoms with Gasteiger partial charge in [-0.3, -0.25) is 0 Å². The van der Waals surface area contributed by atoms with Gasteiger partial charge in [0.25, 0.3) is 0 Å². The molecule has 22 heavy (non-hydrogen) atoms. The van der Waals surface area contributed by atoms with Gasteiger partial charge in [-0.05, 0) is 66.8 Å². The maximum absolute atomic E-state index is 6.30. The highest BCUT2D eigenvalue weighted by molar-refractivity contribution is 5.83. The van der Waals surface area contributed by atoms with Crippen molar-refractivity contribution in [1.82, 2.24) is 0 Å². The summed E-state index contributed by atoms with van der Waals surface area (Å²) < 4.78 is 6.30. The summed E-state index contributed by atoms with van der Waals surface area (Å²) in [6, 6.07) is 15.0. The van der Waals surface area contributed by atoms with Gasteiger partial charge in [-0.25, -0.2) is 0 Å². The smallest absolute Gasteiger partial charge is 0.120 e. The SMILES string of the molecule is c1ccc2cc(OC3CCC4(CCCCC4)CC3)ccc2c1. The molecule has 0 N–H and O–H groups in total. The van der Waals surface area contributed by atoms with E-state index in [9.17, 15) is 0 Å². The Kier molecular flexibility index (Phi) is 3.82. The van der Waals surface area contributed by atoms with E-state index >= 15 is 0 Å². The van der Waals surface area contributed by atoms with Crippen LogP contribution in [0.3, 0.4) is 0 Å². The quantitative estimate of drug-likeness (QED) is 0.649. The molecule has 0 saturated heterocycles. The van der Waals surface area contributed by atoms with Crippen molar-refractivity contribution in [2.45, 2.75) is 63.9 Å². The van der Waals surface area contributed by atoms with Crippen LogP contribution in [0.2, 0.25) is 0 Å². The average molecular weight is 294 g/mol. The van der Waals surface area contributed by atoms with E-state index in [0.29, 0.717) is 11.5 Å². The third kappa shape index (κ3) is 2.86. The molecule has 2 aliphatic rings. The molecule has 0 heterocycles. The highest BCUT2D eigenvalue weighted by Gasteiger charge is 2.36. The van der Waals surface area contributed by atoms with Gasteiger partial charge in [0.15, 0.2) is 0 Å². The van der Waals surface area contributed by atoms with Gasteiger partial charge in [0, 0.05) is 0 Å². The van der Waals surface area contributed by atoms with Crippen molar-refractivity contribution in [3.8, 4) is 5.75 Å². The molecule has 0 bridgehead atoms. The zero-order chi connectivity index (χ0) is 14.8. The monoisotopic (exact) mass is 294 g/mol. The van der Waals surface area contributed by atoms with E-state index < -0.39 is 0 Å². The van der Waals surface area contributed by atoms with Crippen LogP contribution in [0, 0.1) is 5.41 Å². The van der Waals surface area contributed by atoms with Gasteiger partial charge in [0.1, 0.15) is 5.75 Å². The summed E-state index contributed by atoms with van der Waals surface area (Å²) in [5, 5.41) is 2.57. The van der Waals surface area contributed by atoms with E-state index in [-0.39, 0.29) is 0 Å². The highest BCUT2D eigenvalue weighted by atomic mass is 16.5. The van der Waals surface area contributed by atoms with E-state index in [2.05, 4.69) is 42.5 Å². The van der Waals surface area contributed by atoms with E-state index in [0.717, 1.165) is 5.75 Å². The Morgan fingerprint density at radius 2 is 1.50 bits per heavy atom. The largest absolute Gasteiger partial charge is 0.490 e. The molecule has 2 saturated carbocycles. The Morgan fingerprint density at radius 1 is 0.773 bits per heavy atom. The number of fused-ring (bicyclic) bond motifs is 1. The van der Waals surface area contributed by atoms with Crippen LogP contribution in [0.4, 0.5) is 0 Å². The van der Waals surface area contributed by atoms with E-state index in [1.54, 1.807) is 0 Å². The summed E-state index contributed by atoms with van der Waals surface area (Å²) in [5.74, 6) is 1.04. The number of ether oxygens (including phenoxy) is 1. The van der Waals surface area contributed by atoms with Gasteiger partial charge >= 0.3 is 0 Å². The first-order valence-corrected chi connectivity index (χ1v) is 8.99. The lowest BCUT2D eigenvalue weighted by molar-refractivity contribution is 0.0524. The van der Waals surface area contributed by atoms with E-state index in [1.165, 1.54) is 68.6 Å². The number of benzene rings is 2. The summed E-state index contributed by atoms with van der Waals surface area (Å²) in [6.45, 7) is 0. The van der Waals surface area contributed by atoms with Crippen LogP contribution in [0.15, 0.2) is 42.5 Å². The molecule has 1 spiro atoms. The third-order valence-corrected chi connectivity index (χ3v) is 5.93. The van der Waals surface area contributed by atoms with Crippen molar-refractivity contribution in [2.24, 2.45) is 5.41 Å². The Morgan fingerprint density at radius 3 is 2.27 bits per heavy atom. The molecule has 0 unspecified atom stereocenters. The fourth-order valence-corrected chi connectivity index (χ4v) is 4.56. The summed E-state index contributed by atoms with van der Waals surface area (Å²) in [4.78, 5) is 0. The van der Waals surface area contributed by atoms with Gasteiger partial charge in [-0.15, -0.1) is 0 Å². The minimum atomic E-state index is 0.425. The van der Waals surface area contributed by atoms with Crippen molar-refractivity contribution >= 4 is 10.8 Å². The molecule has 2 aromatic rings. The third-order valence-electron chi connectivity index (χ3n) is 5.93. The van der Waals surface area contributed by atoms with Crippen LogP contribution in [0.5, 0.6) is 5.75 Å². The molecular weight excluding hydrogens is 268 g/mol. The summed E-state index contributed by atoms with van der Waals surface area (Å²) in [6.07, 6.45) is 13.0. The predicted octanol–water partition coefficient (Wildman–Crippen LogP) is 6.11. The van der Waals surface area contributed by atoms with Crippen LogP contribution in [-0.2, 0) is 0 Å². The Balaban J connectivity index is 1.41. The van der Waals surface area contributed by atoms with Gasteiger partial charge in [-0.1, -0.05) is 49.6 Å². The van der Waals surface area contributed by atoms with E-state index in [4.69, 9.17) is 4.74 Å². The lowest BCUT2D eigenvalue weighted by Gasteiger charge is -2.42. The molecule has 0 aliphatic heterocycles. The molecule has 2 aromatic carbocycles. The lowest BCUT2D eigenvalue weighted by Crippen LogP contribution is -2.33. The maximum Gasteiger partial charge on any atom is 0.120 e.